The summed E-state index contributed by atoms with van der Waals surface area (Å²) in [6, 6.07) is 8.83. The van der Waals surface area contributed by atoms with Gasteiger partial charge < -0.3 is 0 Å². The topological polar surface area (TPSA) is 84.3 Å². The van der Waals surface area contributed by atoms with Crippen LogP contribution in [0.25, 0.3) is 17.0 Å². The van der Waals surface area contributed by atoms with Gasteiger partial charge in [-0.2, -0.15) is 8.42 Å². The zero-order valence-corrected chi connectivity index (χ0v) is 10.5. The molecule has 2 aromatic rings. The minimum atomic E-state index is -4.44. The van der Waals surface area contributed by atoms with E-state index in [1.807, 2.05) is 12.1 Å². The molecule has 1 N–H and O–H groups in total. The summed E-state index contributed by atoms with van der Waals surface area (Å²) in [5.74, 6) is -0.654. The van der Waals surface area contributed by atoms with Crippen molar-refractivity contribution in [1.29, 1.82) is 0 Å². The Kier molecular flexibility index (Phi) is 2.51. The van der Waals surface area contributed by atoms with E-state index >= 15 is 0 Å². The Bertz CT molecular complexity index is 824. The van der Waals surface area contributed by atoms with Crippen molar-refractivity contribution >= 4 is 32.9 Å². The van der Waals surface area contributed by atoms with Gasteiger partial charge in [-0.3, -0.25) is 9.35 Å². The molecule has 6 heteroatoms. The number of fused-ring (bicyclic) bond motifs is 2. The van der Waals surface area contributed by atoms with Crippen molar-refractivity contribution < 1.29 is 17.8 Å². The van der Waals surface area contributed by atoms with Crippen LogP contribution in [0.5, 0.6) is 0 Å². The maximum absolute atomic E-state index is 12.1. The fourth-order valence-electron chi connectivity index (χ4n) is 2.11. The number of Topliss-reactive ketones (excluding diaryl/α,β-unsaturated/α-hetero) is 1. The number of pyridine rings is 1. The third-order valence-electron chi connectivity index (χ3n) is 3.03. The van der Waals surface area contributed by atoms with E-state index in [1.165, 1.54) is 6.08 Å². The van der Waals surface area contributed by atoms with Crippen molar-refractivity contribution in [2.24, 2.45) is 0 Å². The highest BCUT2D eigenvalue weighted by atomic mass is 32.2. The van der Waals surface area contributed by atoms with Gasteiger partial charge in [0, 0.05) is 10.9 Å². The first-order valence-corrected chi connectivity index (χ1v) is 7.05. The summed E-state index contributed by atoms with van der Waals surface area (Å²) in [6.45, 7) is 0. The Balaban J connectivity index is 2.24. The first kappa shape index (κ1) is 12.0. The van der Waals surface area contributed by atoms with Crippen LogP contribution in [0.2, 0.25) is 0 Å². The van der Waals surface area contributed by atoms with Gasteiger partial charge in [-0.25, -0.2) is 4.98 Å². The molecule has 0 aliphatic heterocycles. The summed E-state index contributed by atoms with van der Waals surface area (Å²) >= 11 is 0. The first-order valence-electron chi connectivity index (χ1n) is 5.55. The van der Waals surface area contributed by atoms with Crippen LogP contribution in [-0.2, 0) is 10.1 Å². The van der Waals surface area contributed by atoms with E-state index in [0.717, 1.165) is 17.0 Å². The Morgan fingerprint density at radius 1 is 1.21 bits per heavy atom. The number of para-hydroxylation sites is 1. The van der Waals surface area contributed by atoms with Crippen LogP contribution in [0.3, 0.4) is 0 Å². The Hall–Kier alpha value is -2.05. The summed E-state index contributed by atoms with van der Waals surface area (Å²) in [4.78, 5) is 16.4. The van der Waals surface area contributed by atoms with Crippen LogP contribution in [0, 0.1) is 0 Å². The molecule has 5 nitrogen and oxygen atoms in total. The van der Waals surface area contributed by atoms with E-state index in [4.69, 9.17) is 4.55 Å². The van der Waals surface area contributed by atoms with Gasteiger partial charge in [-0.15, -0.1) is 0 Å². The molecule has 3 rings (SSSR count). The van der Waals surface area contributed by atoms with Crippen LogP contribution in [0.15, 0.2) is 36.4 Å². The number of benzene rings is 1. The van der Waals surface area contributed by atoms with Crippen molar-refractivity contribution in [3.63, 3.8) is 0 Å². The largest absolute Gasteiger partial charge is 0.292 e. The highest BCUT2D eigenvalue weighted by molar-refractivity contribution is 7.87. The second kappa shape index (κ2) is 3.97. The molecule has 1 atom stereocenters. The fourth-order valence-corrected chi connectivity index (χ4v) is 2.78. The Morgan fingerprint density at radius 3 is 2.68 bits per heavy atom. The molecule has 0 spiro atoms. The molecule has 1 aromatic carbocycles. The lowest BCUT2D eigenvalue weighted by atomic mass is 9.98. The van der Waals surface area contributed by atoms with E-state index in [0.29, 0.717) is 5.69 Å². The van der Waals surface area contributed by atoms with Gasteiger partial charge in [0.25, 0.3) is 10.1 Å². The van der Waals surface area contributed by atoms with Crippen LogP contribution < -0.4 is 0 Å². The summed E-state index contributed by atoms with van der Waals surface area (Å²) in [5.41, 5.74) is 1.36. The Morgan fingerprint density at radius 2 is 1.95 bits per heavy atom. The zero-order valence-electron chi connectivity index (χ0n) is 9.65. The van der Waals surface area contributed by atoms with Crippen LogP contribution in [0.1, 0.15) is 16.1 Å². The Labute approximate surface area is 109 Å². The van der Waals surface area contributed by atoms with Crippen molar-refractivity contribution in [3.8, 4) is 0 Å². The maximum atomic E-state index is 12.1. The molecule has 0 saturated heterocycles. The summed E-state index contributed by atoms with van der Waals surface area (Å²) < 4.78 is 31.3. The monoisotopic (exact) mass is 275 g/mol. The number of rotatable bonds is 1. The average molecular weight is 275 g/mol. The van der Waals surface area contributed by atoms with Crippen LogP contribution >= 0.6 is 0 Å². The van der Waals surface area contributed by atoms with Crippen molar-refractivity contribution in [3.05, 3.63) is 47.7 Å². The molecular formula is C13H9NO4S. The fraction of sp³-hybridized carbons (Fsp3) is 0.0769. The summed E-state index contributed by atoms with van der Waals surface area (Å²) in [6.07, 6.45) is 2.60. The SMILES string of the molecule is O=C1c2cc3ccccc3nc2C=CC1S(=O)(=O)O. The van der Waals surface area contributed by atoms with Crippen molar-refractivity contribution in [2.75, 3.05) is 0 Å². The molecular weight excluding hydrogens is 266 g/mol. The van der Waals surface area contributed by atoms with E-state index in [-0.39, 0.29) is 5.56 Å². The highest BCUT2D eigenvalue weighted by Crippen LogP contribution is 2.25. The summed E-state index contributed by atoms with van der Waals surface area (Å²) in [5, 5.41) is -0.790. The minimum absolute atomic E-state index is 0.212. The van der Waals surface area contributed by atoms with E-state index in [1.54, 1.807) is 18.2 Å². The lowest BCUT2D eigenvalue weighted by molar-refractivity contribution is 0.0995. The van der Waals surface area contributed by atoms with Crippen molar-refractivity contribution in [1.82, 2.24) is 4.98 Å². The predicted octanol–water partition coefficient (Wildman–Crippen LogP) is 1.70. The molecule has 0 fully saturated rings. The maximum Gasteiger partial charge on any atom is 0.279 e. The molecule has 96 valence electrons. The second-order valence-corrected chi connectivity index (χ2v) is 5.81. The van der Waals surface area contributed by atoms with Gasteiger partial charge in [0.05, 0.1) is 11.2 Å². The lowest BCUT2D eigenvalue weighted by Gasteiger charge is -2.15. The quantitative estimate of drug-likeness (QED) is 0.801. The smallest absolute Gasteiger partial charge is 0.279 e. The lowest BCUT2D eigenvalue weighted by Crippen LogP contribution is -2.30. The molecule has 1 aromatic heterocycles. The predicted molar refractivity (Wildman–Crippen MR) is 70.4 cm³/mol. The molecule has 1 unspecified atom stereocenters. The van der Waals surface area contributed by atoms with Gasteiger partial charge in [-0.1, -0.05) is 24.3 Å². The molecule has 1 heterocycles. The van der Waals surface area contributed by atoms with Gasteiger partial charge in [0.2, 0.25) is 0 Å². The van der Waals surface area contributed by atoms with Gasteiger partial charge in [0.15, 0.2) is 11.0 Å². The van der Waals surface area contributed by atoms with Crippen LogP contribution in [-0.4, -0.2) is 29.0 Å². The minimum Gasteiger partial charge on any atom is -0.292 e. The second-order valence-electron chi connectivity index (χ2n) is 4.27. The number of hydrogen-bond donors (Lipinski definition) is 1. The molecule has 0 bridgehead atoms. The molecule has 0 radical (unpaired) electrons. The van der Waals surface area contributed by atoms with Crippen molar-refractivity contribution in [2.45, 2.75) is 5.25 Å². The molecule has 1 aliphatic rings. The van der Waals surface area contributed by atoms with Gasteiger partial charge >= 0.3 is 0 Å². The number of carbonyl (C=O) groups is 1. The standard InChI is InChI=1S/C13H9NO4S/c15-13-9-7-8-3-1-2-4-10(8)14-11(9)5-6-12(13)19(16,17)18/h1-7,12H,(H,16,17,18). The number of nitrogens with zero attached hydrogens (tertiary/aromatic N) is 1. The number of hydrogen-bond acceptors (Lipinski definition) is 4. The number of ketones is 1. The van der Waals surface area contributed by atoms with E-state index in [2.05, 4.69) is 4.98 Å². The van der Waals surface area contributed by atoms with E-state index in [9.17, 15) is 13.2 Å². The number of aromatic nitrogens is 1. The molecule has 0 amide bonds. The zero-order chi connectivity index (χ0) is 13.6. The molecule has 0 saturated carbocycles. The third-order valence-corrected chi connectivity index (χ3v) is 4.04. The van der Waals surface area contributed by atoms with Gasteiger partial charge in [-0.05, 0) is 18.2 Å². The molecule has 1 aliphatic carbocycles. The van der Waals surface area contributed by atoms with Crippen LogP contribution in [0.4, 0.5) is 0 Å². The highest BCUT2D eigenvalue weighted by Gasteiger charge is 2.33. The first-order chi connectivity index (χ1) is 8.97. The average Bonchev–Trinajstić information content (AvgIpc) is 2.36. The summed E-state index contributed by atoms with van der Waals surface area (Å²) in [7, 11) is -4.44. The van der Waals surface area contributed by atoms with Gasteiger partial charge in [0.1, 0.15) is 0 Å². The van der Waals surface area contributed by atoms with E-state index < -0.39 is 21.2 Å². The molecule has 19 heavy (non-hydrogen) atoms. The third kappa shape index (κ3) is 1.94. The normalized spacial score (nSPS) is 18.6. The number of carbonyl (C=O) groups excluding carboxylic acids is 1.